The van der Waals surface area contributed by atoms with Gasteiger partial charge in [-0.1, -0.05) is 56.6 Å². The maximum absolute atomic E-state index is 12.3. The summed E-state index contributed by atoms with van der Waals surface area (Å²) in [7, 11) is 0. The van der Waals surface area contributed by atoms with Gasteiger partial charge in [-0.25, -0.2) is 0 Å². The van der Waals surface area contributed by atoms with E-state index in [2.05, 4.69) is 26.1 Å². The molecular weight excluding hydrogens is 294 g/mol. The summed E-state index contributed by atoms with van der Waals surface area (Å²) in [5.74, 6) is -0.0668. The fourth-order valence-electron chi connectivity index (χ4n) is 2.24. The van der Waals surface area contributed by atoms with Crippen LogP contribution in [0, 0.1) is 0 Å². The van der Waals surface area contributed by atoms with E-state index in [0.29, 0.717) is 10.6 Å². The minimum atomic E-state index is -0.0668. The Balaban J connectivity index is 2.07. The highest BCUT2D eigenvalue weighted by atomic mass is 35.5. The van der Waals surface area contributed by atoms with Crippen molar-refractivity contribution >= 4 is 17.5 Å². The Hall–Kier alpha value is -1.80. The van der Waals surface area contributed by atoms with Crippen LogP contribution in [0.4, 0.5) is 0 Å². The van der Waals surface area contributed by atoms with Gasteiger partial charge in [0, 0.05) is 10.6 Å². The van der Waals surface area contributed by atoms with Gasteiger partial charge in [-0.3, -0.25) is 4.79 Å². The maximum Gasteiger partial charge on any atom is 0.251 e. The van der Waals surface area contributed by atoms with Crippen molar-refractivity contribution in [2.45, 2.75) is 39.2 Å². The quantitative estimate of drug-likeness (QED) is 0.836. The van der Waals surface area contributed by atoms with Gasteiger partial charge in [0.2, 0.25) is 0 Å². The number of benzene rings is 2. The Morgan fingerprint density at radius 3 is 2.05 bits per heavy atom. The molecule has 0 fully saturated rings. The second-order valence-corrected chi connectivity index (χ2v) is 7.01. The van der Waals surface area contributed by atoms with Crippen LogP contribution in [0.25, 0.3) is 0 Å². The largest absolute Gasteiger partial charge is 0.346 e. The first-order valence-electron chi connectivity index (χ1n) is 7.44. The number of hydrogen-bond donors (Lipinski definition) is 1. The fraction of sp³-hybridized carbons (Fsp3) is 0.316. The monoisotopic (exact) mass is 315 g/mol. The first kappa shape index (κ1) is 16.6. The van der Waals surface area contributed by atoms with Gasteiger partial charge >= 0.3 is 0 Å². The van der Waals surface area contributed by atoms with Crippen molar-refractivity contribution in [3.8, 4) is 0 Å². The van der Waals surface area contributed by atoms with Crippen LogP contribution >= 0.6 is 11.6 Å². The Morgan fingerprint density at radius 1 is 1.00 bits per heavy atom. The predicted octanol–water partition coefficient (Wildman–Crippen LogP) is 5.13. The van der Waals surface area contributed by atoms with Crippen molar-refractivity contribution in [3.63, 3.8) is 0 Å². The van der Waals surface area contributed by atoms with Crippen molar-refractivity contribution < 1.29 is 4.79 Å². The summed E-state index contributed by atoms with van der Waals surface area (Å²) in [5, 5.41) is 3.70. The van der Waals surface area contributed by atoms with Crippen LogP contribution < -0.4 is 5.32 Å². The number of amides is 1. The first-order chi connectivity index (χ1) is 10.3. The minimum Gasteiger partial charge on any atom is -0.346 e. The summed E-state index contributed by atoms with van der Waals surface area (Å²) in [6.07, 6.45) is 0. The molecule has 3 heteroatoms. The highest BCUT2D eigenvalue weighted by molar-refractivity contribution is 6.30. The fourth-order valence-corrected chi connectivity index (χ4v) is 2.36. The van der Waals surface area contributed by atoms with Gasteiger partial charge in [0.25, 0.3) is 5.91 Å². The van der Waals surface area contributed by atoms with Crippen LogP contribution in [0.1, 0.15) is 55.2 Å². The van der Waals surface area contributed by atoms with Gasteiger partial charge in [-0.2, -0.15) is 0 Å². The third-order valence-corrected chi connectivity index (χ3v) is 3.98. The molecule has 0 radical (unpaired) electrons. The van der Waals surface area contributed by atoms with E-state index in [-0.39, 0.29) is 17.4 Å². The topological polar surface area (TPSA) is 29.1 Å². The van der Waals surface area contributed by atoms with Gasteiger partial charge in [-0.05, 0) is 47.7 Å². The lowest BCUT2D eigenvalue weighted by atomic mass is 9.86. The molecule has 2 rings (SSSR count). The zero-order valence-corrected chi connectivity index (χ0v) is 14.2. The number of rotatable bonds is 3. The lowest BCUT2D eigenvalue weighted by molar-refractivity contribution is 0.0940. The Labute approximate surface area is 137 Å². The second-order valence-electron chi connectivity index (χ2n) is 6.57. The van der Waals surface area contributed by atoms with Crippen LogP contribution in [0.3, 0.4) is 0 Å². The van der Waals surface area contributed by atoms with E-state index in [1.54, 1.807) is 0 Å². The van der Waals surface area contributed by atoms with Crippen LogP contribution in [-0.4, -0.2) is 5.91 Å². The number of carbonyl (C=O) groups is 1. The highest BCUT2D eigenvalue weighted by Gasteiger charge is 2.15. The molecule has 0 spiro atoms. The van der Waals surface area contributed by atoms with Gasteiger partial charge in [-0.15, -0.1) is 0 Å². The van der Waals surface area contributed by atoms with E-state index in [4.69, 9.17) is 11.6 Å². The molecule has 2 nitrogen and oxygen atoms in total. The third-order valence-electron chi connectivity index (χ3n) is 3.73. The predicted molar refractivity (Wildman–Crippen MR) is 92.5 cm³/mol. The Kier molecular flexibility index (Phi) is 4.92. The molecule has 1 N–H and O–H groups in total. The molecule has 22 heavy (non-hydrogen) atoms. The van der Waals surface area contributed by atoms with Crippen molar-refractivity contribution in [1.29, 1.82) is 0 Å². The summed E-state index contributed by atoms with van der Waals surface area (Å²) < 4.78 is 0. The van der Waals surface area contributed by atoms with E-state index in [0.717, 1.165) is 5.56 Å². The molecule has 0 aromatic heterocycles. The Bertz CT molecular complexity index is 639. The molecule has 2 aromatic carbocycles. The molecule has 0 bridgehead atoms. The highest BCUT2D eigenvalue weighted by Crippen LogP contribution is 2.22. The summed E-state index contributed by atoms with van der Waals surface area (Å²) in [6, 6.07) is 15.2. The standard InChI is InChI=1S/C19H22ClNO/c1-13(14-7-11-17(20)12-8-14)21-18(22)15-5-9-16(10-6-15)19(2,3)4/h5-13H,1-4H3,(H,21,22). The first-order valence-corrected chi connectivity index (χ1v) is 7.82. The van der Waals surface area contributed by atoms with E-state index in [1.807, 2.05) is 55.5 Å². The average Bonchev–Trinajstić information content (AvgIpc) is 2.47. The summed E-state index contributed by atoms with van der Waals surface area (Å²) in [4.78, 5) is 12.3. The van der Waals surface area contributed by atoms with Crippen molar-refractivity contribution in [2.75, 3.05) is 0 Å². The molecule has 0 aliphatic heterocycles. The lowest BCUT2D eigenvalue weighted by Gasteiger charge is -2.19. The van der Waals surface area contributed by atoms with Gasteiger partial charge in [0.05, 0.1) is 6.04 Å². The van der Waals surface area contributed by atoms with Crippen molar-refractivity contribution in [2.24, 2.45) is 0 Å². The van der Waals surface area contributed by atoms with Gasteiger partial charge in [0.1, 0.15) is 0 Å². The zero-order chi connectivity index (χ0) is 16.3. The molecule has 0 aliphatic rings. The molecule has 0 saturated heterocycles. The molecule has 0 heterocycles. The van der Waals surface area contributed by atoms with Gasteiger partial charge in [0.15, 0.2) is 0 Å². The number of hydrogen-bond acceptors (Lipinski definition) is 1. The van der Waals surface area contributed by atoms with Crippen LogP contribution in [0.15, 0.2) is 48.5 Å². The SMILES string of the molecule is CC(NC(=O)c1ccc(C(C)(C)C)cc1)c1ccc(Cl)cc1. The Morgan fingerprint density at radius 2 is 1.55 bits per heavy atom. The molecule has 1 atom stereocenters. The normalized spacial score (nSPS) is 12.8. The molecule has 116 valence electrons. The van der Waals surface area contributed by atoms with Gasteiger partial charge < -0.3 is 5.32 Å². The van der Waals surface area contributed by atoms with Crippen LogP contribution in [0.2, 0.25) is 5.02 Å². The number of halogens is 1. The molecule has 2 aromatic rings. The van der Waals surface area contributed by atoms with Crippen LogP contribution in [0.5, 0.6) is 0 Å². The molecular formula is C19H22ClNO. The van der Waals surface area contributed by atoms with Crippen molar-refractivity contribution in [1.82, 2.24) is 5.32 Å². The number of nitrogens with one attached hydrogen (secondary N) is 1. The minimum absolute atomic E-state index is 0.0629. The number of carbonyl (C=O) groups excluding carboxylic acids is 1. The van der Waals surface area contributed by atoms with E-state index < -0.39 is 0 Å². The maximum atomic E-state index is 12.3. The summed E-state index contributed by atoms with van der Waals surface area (Å²) in [6.45, 7) is 8.44. The summed E-state index contributed by atoms with van der Waals surface area (Å²) in [5.41, 5.74) is 3.01. The summed E-state index contributed by atoms with van der Waals surface area (Å²) >= 11 is 5.88. The third kappa shape index (κ3) is 4.11. The van der Waals surface area contributed by atoms with E-state index in [9.17, 15) is 4.79 Å². The molecule has 0 aliphatic carbocycles. The zero-order valence-electron chi connectivity index (χ0n) is 13.5. The van der Waals surface area contributed by atoms with E-state index >= 15 is 0 Å². The molecule has 1 amide bonds. The molecule has 0 saturated carbocycles. The van der Waals surface area contributed by atoms with Crippen LogP contribution in [-0.2, 0) is 5.41 Å². The average molecular weight is 316 g/mol. The smallest absolute Gasteiger partial charge is 0.251 e. The van der Waals surface area contributed by atoms with Crippen molar-refractivity contribution in [3.05, 3.63) is 70.2 Å². The van der Waals surface area contributed by atoms with E-state index in [1.165, 1.54) is 5.56 Å². The molecule has 1 unspecified atom stereocenters. The lowest BCUT2D eigenvalue weighted by Crippen LogP contribution is -2.26. The second kappa shape index (κ2) is 6.53.